The molecule has 1 saturated carbocycles. The Bertz CT molecular complexity index is 1620. The third kappa shape index (κ3) is 10.3. The molecule has 7 atom stereocenters. The molecule has 17 heteroatoms. The lowest BCUT2D eigenvalue weighted by Gasteiger charge is -2.34. The van der Waals surface area contributed by atoms with Crippen LogP contribution in [0.25, 0.3) is 0 Å². The molecule has 0 unspecified atom stereocenters. The lowest BCUT2D eigenvalue weighted by atomic mass is 9.86. The number of likely N-dealkylation sites (N-methyl/N-ethyl adjacent to an activating group) is 1. The third-order valence-corrected chi connectivity index (χ3v) is 11.3. The van der Waals surface area contributed by atoms with Crippen LogP contribution in [0, 0.1) is 17.6 Å². The van der Waals surface area contributed by atoms with Crippen molar-refractivity contribution in [1.29, 1.82) is 0 Å². The van der Waals surface area contributed by atoms with Gasteiger partial charge in [0.2, 0.25) is 35.4 Å². The van der Waals surface area contributed by atoms with E-state index in [1.807, 2.05) is 0 Å². The molecule has 1 aromatic rings. The highest BCUT2D eigenvalue weighted by molar-refractivity contribution is 5.97. The smallest absolute Gasteiger partial charge is 0.329 e. The molecule has 55 heavy (non-hydrogen) atoms. The molecule has 0 aromatic heterocycles. The van der Waals surface area contributed by atoms with Gasteiger partial charge in [-0.15, -0.1) is 0 Å². The van der Waals surface area contributed by atoms with Gasteiger partial charge in [-0.1, -0.05) is 32.1 Å². The van der Waals surface area contributed by atoms with Crippen LogP contribution in [-0.4, -0.2) is 125 Å². The highest BCUT2D eigenvalue weighted by atomic mass is 19.1. The van der Waals surface area contributed by atoms with Gasteiger partial charge in [0.25, 0.3) is 0 Å². The Morgan fingerprint density at radius 3 is 2.31 bits per heavy atom. The molecule has 1 aliphatic carbocycles. The normalized spacial score (nSPS) is 28.0. The largest absolute Gasteiger partial charge is 0.461 e. The zero-order valence-electron chi connectivity index (χ0n) is 31.7. The number of ether oxygens (including phenoxy) is 1. The van der Waals surface area contributed by atoms with Gasteiger partial charge < -0.3 is 41.1 Å². The summed E-state index contributed by atoms with van der Waals surface area (Å²) < 4.78 is 34.1. The summed E-state index contributed by atoms with van der Waals surface area (Å²) in [6.07, 6.45) is 6.41. The monoisotopic (exact) mass is 773 g/mol. The fraction of sp³-hybridized carbons (Fsp3) is 0.658. The molecule has 3 aliphatic heterocycles. The molecule has 4 fully saturated rings. The lowest BCUT2D eigenvalue weighted by molar-refractivity contribution is -0.158. The minimum absolute atomic E-state index is 0.00982. The lowest BCUT2D eigenvalue weighted by Crippen LogP contribution is -2.60. The van der Waals surface area contributed by atoms with Crippen LogP contribution in [0.1, 0.15) is 83.6 Å². The molecular formula is C38H53F2N7O8. The van der Waals surface area contributed by atoms with Crippen LogP contribution in [-0.2, 0) is 44.7 Å². The maximum atomic E-state index is 14.3. The zero-order chi connectivity index (χ0) is 40.0. The number of halogens is 2. The predicted octanol–water partition coefficient (Wildman–Crippen LogP) is 0.665. The van der Waals surface area contributed by atoms with Gasteiger partial charge in [0, 0.05) is 45.1 Å². The minimum atomic E-state index is -1.58. The number of hydrogen-bond acceptors (Lipinski definition) is 9. The van der Waals surface area contributed by atoms with Crippen molar-refractivity contribution in [1.82, 2.24) is 30.7 Å². The van der Waals surface area contributed by atoms with E-state index in [-0.39, 0.29) is 44.3 Å². The zero-order valence-corrected chi connectivity index (χ0v) is 31.7. The number of rotatable bonds is 8. The number of amides is 6. The number of carbonyl (C=O) groups is 7. The molecule has 5 N–H and O–H groups in total. The van der Waals surface area contributed by atoms with Crippen molar-refractivity contribution in [2.75, 3.05) is 26.7 Å². The first-order chi connectivity index (χ1) is 26.1. The number of hydrogen-bond donors (Lipinski definition) is 4. The summed E-state index contributed by atoms with van der Waals surface area (Å²) in [5.41, 5.74) is 6.21. The second-order valence-corrected chi connectivity index (χ2v) is 15.4. The van der Waals surface area contributed by atoms with Crippen molar-refractivity contribution >= 4 is 41.4 Å². The summed E-state index contributed by atoms with van der Waals surface area (Å²) in [5.74, 6) is -6.19. The Hall–Kier alpha value is -4.67. The van der Waals surface area contributed by atoms with Gasteiger partial charge in [0.1, 0.15) is 54.5 Å². The number of nitrogens with one attached hydrogen (secondary N) is 3. The van der Waals surface area contributed by atoms with Crippen molar-refractivity contribution in [3.8, 4) is 0 Å². The maximum absolute atomic E-state index is 14.3. The van der Waals surface area contributed by atoms with Gasteiger partial charge >= 0.3 is 5.97 Å². The van der Waals surface area contributed by atoms with Crippen molar-refractivity contribution < 1.29 is 47.1 Å². The number of nitrogens with two attached hydrogens (primary N) is 1. The van der Waals surface area contributed by atoms with Gasteiger partial charge in [-0.3, -0.25) is 28.8 Å². The number of carbonyl (C=O) groups excluding carboxylic acids is 7. The molecule has 15 nitrogen and oxygen atoms in total. The van der Waals surface area contributed by atoms with E-state index in [9.17, 15) is 42.3 Å². The van der Waals surface area contributed by atoms with Gasteiger partial charge in [0.15, 0.2) is 0 Å². The van der Waals surface area contributed by atoms with E-state index in [1.165, 1.54) is 35.6 Å². The number of cyclic esters (lactones) is 1. The first kappa shape index (κ1) is 41.5. The molecule has 0 bridgehead atoms. The number of fused-ring (bicyclic) bond motifs is 2. The molecule has 6 amide bonds. The number of benzene rings is 1. The minimum Gasteiger partial charge on any atom is -0.461 e. The quantitative estimate of drug-likeness (QED) is 0.274. The fourth-order valence-corrected chi connectivity index (χ4v) is 8.03. The van der Waals surface area contributed by atoms with Gasteiger partial charge in [-0.25, -0.2) is 13.6 Å². The maximum Gasteiger partial charge on any atom is 0.329 e. The van der Waals surface area contributed by atoms with Crippen LogP contribution in [0.3, 0.4) is 0 Å². The second kappa shape index (κ2) is 18.3. The van der Waals surface area contributed by atoms with Crippen molar-refractivity contribution in [3.05, 3.63) is 35.4 Å². The van der Waals surface area contributed by atoms with E-state index >= 15 is 0 Å². The molecule has 0 spiro atoms. The van der Waals surface area contributed by atoms with Crippen LogP contribution in [0.2, 0.25) is 0 Å². The van der Waals surface area contributed by atoms with Crippen LogP contribution < -0.4 is 21.7 Å². The SMILES string of the molecule is C[C@@H]1NC(=O)[C@H](C)N(C)C(=O)[C@@H]2CCCN2C(=O)[C@@H](NC(=O)[C@H](Cc2cc(F)cc(F)c2)NC(=O)CCC2CCCCC2)COC(=O)[C@@H]2C[C@H](N)CN2C1=O. The van der Waals surface area contributed by atoms with E-state index in [1.54, 1.807) is 0 Å². The summed E-state index contributed by atoms with van der Waals surface area (Å²) in [7, 11) is 1.41. The second-order valence-electron chi connectivity index (χ2n) is 15.4. The van der Waals surface area contributed by atoms with Crippen LogP contribution >= 0.6 is 0 Å². The Kier molecular flexibility index (Phi) is 13.8. The predicted molar refractivity (Wildman–Crippen MR) is 193 cm³/mol. The standard InChI is InChI=1S/C38H53F2N7O8/c1-21-35(51)47-19-27(41)18-31(47)38(54)55-20-29(36(52)46-13-7-10-30(46)37(53)45(3)22(2)33(49)42-21)44-34(50)28(16-24-14-25(39)17-26(40)15-24)43-32(48)12-11-23-8-5-4-6-9-23/h14-15,17,21-23,27-31H,4-13,16,18-20,41H2,1-3H3,(H,42,49)(H,43,48)(H,44,50)/t21-,22-,27-,28-,29-,30-,31-/m0/s1. The Morgan fingerprint density at radius 1 is 0.927 bits per heavy atom. The van der Waals surface area contributed by atoms with Crippen molar-refractivity contribution in [2.24, 2.45) is 11.7 Å². The van der Waals surface area contributed by atoms with Crippen LogP contribution in [0.4, 0.5) is 8.78 Å². The van der Waals surface area contributed by atoms with E-state index in [0.29, 0.717) is 24.8 Å². The van der Waals surface area contributed by atoms with E-state index < -0.39 is 102 Å². The highest BCUT2D eigenvalue weighted by Crippen LogP contribution is 2.27. The highest BCUT2D eigenvalue weighted by Gasteiger charge is 2.44. The Labute approximate surface area is 319 Å². The van der Waals surface area contributed by atoms with Gasteiger partial charge in [0.05, 0.1) is 0 Å². The van der Waals surface area contributed by atoms with Crippen LogP contribution in [0.5, 0.6) is 0 Å². The van der Waals surface area contributed by atoms with E-state index in [2.05, 4.69) is 16.0 Å². The molecule has 5 rings (SSSR count). The third-order valence-electron chi connectivity index (χ3n) is 11.3. The van der Waals surface area contributed by atoms with Crippen molar-refractivity contribution in [3.63, 3.8) is 0 Å². The van der Waals surface area contributed by atoms with Gasteiger partial charge in [-0.2, -0.15) is 0 Å². The average molecular weight is 774 g/mol. The Morgan fingerprint density at radius 2 is 1.62 bits per heavy atom. The fourth-order valence-electron chi connectivity index (χ4n) is 8.03. The first-order valence-corrected chi connectivity index (χ1v) is 19.3. The molecule has 302 valence electrons. The molecule has 3 saturated heterocycles. The first-order valence-electron chi connectivity index (χ1n) is 19.3. The summed E-state index contributed by atoms with van der Waals surface area (Å²) in [6, 6.07) is -5.11. The molecule has 4 aliphatic rings. The number of nitrogens with zero attached hydrogens (tertiary/aromatic N) is 3. The molecule has 0 radical (unpaired) electrons. The molecule has 3 heterocycles. The average Bonchev–Trinajstić information content (AvgIpc) is 3.80. The summed E-state index contributed by atoms with van der Waals surface area (Å²) in [4.78, 5) is 99.3. The van der Waals surface area contributed by atoms with Crippen LogP contribution in [0.15, 0.2) is 18.2 Å². The Balaban J connectivity index is 1.43. The topological polar surface area (TPSA) is 201 Å². The molecular weight excluding hydrogens is 720 g/mol. The van der Waals surface area contributed by atoms with E-state index in [0.717, 1.165) is 44.2 Å². The van der Waals surface area contributed by atoms with Gasteiger partial charge in [-0.05, 0) is 63.1 Å². The summed E-state index contributed by atoms with van der Waals surface area (Å²) >= 11 is 0. The summed E-state index contributed by atoms with van der Waals surface area (Å²) in [6.45, 7) is 2.34. The van der Waals surface area contributed by atoms with Crippen molar-refractivity contribution in [2.45, 2.75) is 127 Å². The molecule has 1 aromatic carbocycles. The van der Waals surface area contributed by atoms with E-state index in [4.69, 9.17) is 10.5 Å². The summed E-state index contributed by atoms with van der Waals surface area (Å²) in [5, 5.41) is 7.87. The number of esters is 1.